The molecule has 0 spiro atoms. The predicted octanol–water partition coefficient (Wildman–Crippen LogP) is 2.50. The molecule has 0 aliphatic rings. The molecule has 0 fully saturated rings. The molecule has 4 nitrogen and oxygen atoms in total. The smallest absolute Gasteiger partial charge is 0.224 e. The molecule has 1 unspecified atom stereocenters. The van der Waals surface area contributed by atoms with Crippen molar-refractivity contribution in [3.8, 4) is 5.75 Å². The molecule has 2 N–H and O–H groups in total. The van der Waals surface area contributed by atoms with Gasteiger partial charge in [0.25, 0.3) is 0 Å². The number of hydrogen-bond donors (Lipinski definition) is 2. The minimum atomic E-state index is -1.60. The quantitative estimate of drug-likeness (QED) is 0.795. The van der Waals surface area contributed by atoms with Crippen LogP contribution in [0, 0.1) is 17.5 Å². The molecule has 0 heterocycles. The van der Waals surface area contributed by atoms with Gasteiger partial charge in [-0.2, -0.15) is 0 Å². The molecule has 2 rings (SSSR count). The number of methoxy groups -OCH3 is 1. The number of ether oxygens (including phenoxy) is 1. The molecule has 7 heteroatoms. The Morgan fingerprint density at radius 1 is 1.17 bits per heavy atom. The molecular weight excluding hydrogens is 323 g/mol. The largest absolute Gasteiger partial charge is 0.497 e. The molecule has 1 atom stereocenters. The lowest BCUT2D eigenvalue weighted by Gasteiger charge is -2.17. The van der Waals surface area contributed by atoms with Crippen molar-refractivity contribution in [1.29, 1.82) is 0 Å². The van der Waals surface area contributed by atoms with Crippen LogP contribution in [0.3, 0.4) is 0 Å². The lowest BCUT2D eigenvalue weighted by Crippen LogP contribution is -2.32. The summed E-state index contributed by atoms with van der Waals surface area (Å²) < 4.78 is 44.5. The number of rotatable bonds is 6. The zero-order chi connectivity index (χ0) is 17.7. The average Bonchev–Trinajstić information content (AvgIpc) is 2.57. The van der Waals surface area contributed by atoms with Gasteiger partial charge in [-0.1, -0.05) is 12.1 Å². The zero-order valence-corrected chi connectivity index (χ0v) is 12.9. The Labute approximate surface area is 136 Å². The number of nitrogens with one attached hydrogen (secondary N) is 1. The fourth-order valence-corrected chi connectivity index (χ4v) is 2.18. The molecule has 0 saturated carbocycles. The minimum Gasteiger partial charge on any atom is -0.497 e. The number of carbonyl (C=O) groups is 1. The van der Waals surface area contributed by atoms with Gasteiger partial charge >= 0.3 is 0 Å². The number of aliphatic hydroxyl groups excluding tert-OH is 1. The maximum absolute atomic E-state index is 13.3. The first-order valence-electron chi connectivity index (χ1n) is 7.12. The second-order valence-electron chi connectivity index (χ2n) is 5.13. The van der Waals surface area contributed by atoms with Crippen LogP contribution in [0.5, 0.6) is 5.75 Å². The van der Waals surface area contributed by atoms with E-state index in [0.717, 1.165) is 12.1 Å². The third kappa shape index (κ3) is 4.26. The summed E-state index contributed by atoms with van der Waals surface area (Å²) in [5.74, 6) is -4.17. The van der Waals surface area contributed by atoms with Gasteiger partial charge in [-0.05, 0) is 35.4 Å². The first-order chi connectivity index (χ1) is 11.4. The Hall–Kier alpha value is -2.54. The fourth-order valence-electron chi connectivity index (χ4n) is 2.18. The van der Waals surface area contributed by atoms with E-state index in [0.29, 0.717) is 11.3 Å². The molecule has 24 heavy (non-hydrogen) atoms. The number of hydrogen-bond acceptors (Lipinski definition) is 3. The van der Waals surface area contributed by atoms with Crippen LogP contribution in [0.4, 0.5) is 13.2 Å². The Bertz CT molecular complexity index is 697. The van der Waals surface area contributed by atoms with E-state index < -0.39 is 36.0 Å². The summed E-state index contributed by atoms with van der Waals surface area (Å²) >= 11 is 0. The molecule has 1 amide bonds. The van der Waals surface area contributed by atoms with Crippen LogP contribution in [0.1, 0.15) is 17.2 Å². The Kier molecular flexibility index (Phi) is 5.81. The van der Waals surface area contributed by atoms with Gasteiger partial charge in [0, 0.05) is 0 Å². The summed E-state index contributed by atoms with van der Waals surface area (Å²) in [6.07, 6.45) is 0.00660. The van der Waals surface area contributed by atoms with Crippen LogP contribution in [-0.4, -0.2) is 24.7 Å². The first-order valence-corrected chi connectivity index (χ1v) is 7.12. The predicted molar refractivity (Wildman–Crippen MR) is 81.0 cm³/mol. The standard InChI is InChI=1S/C17H16F3NO3/c1-24-12-4-2-10(3-5-12)6-16(23)21-15(9-22)11-7-13(18)17(20)14(19)8-11/h2-5,7-8,15,22H,6,9H2,1H3,(H,21,23). The highest BCUT2D eigenvalue weighted by molar-refractivity contribution is 5.79. The average molecular weight is 339 g/mol. The third-order valence-corrected chi connectivity index (χ3v) is 3.45. The van der Waals surface area contributed by atoms with Gasteiger partial charge in [-0.25, -0.2) is 13.2 Å². The molecular formula is C17H16F3NO3. The summed E-state index contributed by atoms with van der Waals surface area (Å²) in [7, 11) is 1.52. The van der Waals surface area contributed by atoms with Crippen molar-refractivity contribution in [2.24, 2.45) is 0 Å². The summed E-state index contributed by atoms with van der Waals surface area (Å²) in [6, 6.07) is 7.22. The molecule has 2 aromatic rings. The summed E-state index contributed by atoms with van der Waals surface area (Å²) in [5, 5.41) is 11.8. The molecule has 128 valence electrons. The molecule has 0 bridgehead atoms. The molecule has 0 aliphatic carbocycles. The summed E-state index contributed by atoms with van der Waals surface area (Å²) in [4.78, 5) is 12.0. The van der Waals surface area contributed by atoms with Gasteiger partial charge in [-0.3, -0.25) is 4.79 Å². The van der Waals surface area contributed by atoms with Gasteiger partial charge in [0.15, 0.2) is 17.5 Å². The SMILES string of the molecule is COc1ccc(CC(=O)NC(CO)c2cc(F)c(F)c(F)c2)cc1. The fraction of sp³-hybridized carbons (Fsp3) is 0.235. The van der Waals surface area contributed by atoms with Crippen molar-refractivity contribution in [2.45, 2.75) is 12.5 Å². The molecule has 0 radical (unpaired) electrons. The van der Waals surface area contributed by atoms with Crippen LogP contribution in [-0.2, 0) is 11.2 Å². The van der Waals surface area contributed by atoms with E-state index in [9.17, 15) is 23.1 Å². The Balaban J connectivity index is 2.07. The number of amides is 1. The van der Waals surface area contributed by atoms with E-state index in [-0.39, 0.29) is 12.0 Å². The summed E-state index contributed by atoms with van der Waals surface area (Å²) in [5.41, 5.74) is 0.637. The Morgan fingerprint density at radius 2 is 1.75 bits per heavy atom. The van der Waals surface area contributed by atoms with E-state index in [4.69, 9.17) is 4.74 Å². The number of aliphatic hydroxyl groups is 1. The van der Waals surface area contributed by atoms with Crippen molar-refractivity contribution in [2.75, 3.05) is 13.7 Å². The van der Waals surface area contributed by atoms with Crippen molar-refractivity contribution in [3.05, 3.63) is 65.0 Å². The molecule has 0 aliphatic heterocycles. The van der Waals surface area contributed by atoms with E-state index in [1.54, 1.807) is 24.3 Å². The van der Waals surface area contributed by atoms with Gasteiger partial charge in [0.2, 0.25) is 5.91 Å². The van der Waals surface area contributed by atoms with Crippen LogP contribution in [0.15, 0.2) is 36.4 Å². The van der Waals surface area contributed by atoms with E-state index in [1.165, 1.54) is 7.11 Å². The van der Waals surface area contributed by atoms with Crippen LogP contribution < -0.4 is 10.1 Å². The van der Waals surface area contributed by atoms with Gasteiger partial charge in [0.05, 0.1) is 26.2 Å². The lowest BCUT2D eigenvalue weighted by molar-refractivity contribution is -0.121. The maximum Gasteiger partial charge on any atom is 0.224 e. The van der Waals surface area contributed by atoms with Crippen molar-refractivity contribution in [1.82, 2.24) is 5.32 Å². The monoisotopic (exact) mass is 339 g/mol. The van der Waals surface area contributed by atoms with Gasteiger partial charge in [-0.15, -0.1) is 0 Å². The van der Waals surface area contributed by atoms with Crippen LogP contribution in [0.2, 0.25) is 0 Å². The second kappa shape index (κ2) is 7.83. The number of halogens is 3. The van der Waals surface area contributed by atoms with Gasteiger partial charge in [0.1, 0.15) is 5.75 Å². The van der Waals surface area contributed by atoms with E-state index >= 15 is 0 Å². The maximum atomic E-state index is 13.3. The lowest BCUT2D eigenvalue weighted by atomic mass is 10.1. The number of carbonyl (C=O) groups excluding carboxylic acids is 1. The van der Waals surface area contributed by atoms with E-state index in [1.807, 2.05) is 0 Å². The van der Waals surface area contributed by atoms with E-state index in [2.05, 4.69) is 5.32 Å². The second-order valence-corrected chi connectivity index (χ2v) is 5.13. The van der Waals surface area contributed by atoms with Crippen molar-refractivity contribution < 1.29 is 27.8 Å². The van der Waals surface area contributed by atoms with Gasteiger partial charge < -0.3 is 15.2 Å². The zero-order valence-electron chi connectivity index (χ0n) is 12.9. The highest BCUT2D eigenvalue weighted by atomic mass is 19.2. The first kappa shape index (κ1) is 17.8. The topological polar surface area (TPSA) is 58.6 Å². The summed E-state index contributed by atoms with van der Waals surface area (Å²) in [6.45, 7) is -0.584. The van der Waals surface area contributed by atoms with Crippen molar-refractivity contribution >= 4 is 5.91 Å². The molecule has 0 saturated heterocycles. The molecule has 2 aromatic carbocycles. The minimum absolute atomic E-state index is 0.00660. The highest BCUT2D eigenvalue weighted by Gasteiger charge is 2.19. The number of benzene rings is 2. The molecule has 0 aromatic heterocycles. The highest BCUT2D eigenvalue weighted by Crippen LogP contribution is 2.19. The van der Waals surface area contributed by atoms with Crippen LogP contribution in [0.25, 0.3) is 0 Å². The third-order valence-electron chi connectivity index (χ3n) is 3.45. The van der Waals surface area contributed by atoms with Crippen molar-refractivity contribution in [3.63, 3.8) is 0 Å². The Morgan fingerprint density at radius 3 is 2.25 bits per heavy atom. The van der Waals surface area contributed by atoms with Crippen LogP contribution >= 0.6 is 0 Å². The normalized spacial score (nSPS) is 11.9.